The summed E-state index contributed by atoms with van der Waals surface area (Å²) >= 11 is 6.17. The first kappa shape index (κ1) is 29.5. The lowest BCUT2D eigenvalue weighted by Gasteiger charge is -2.35. The molecule has 0 atom stereocenters. The number of aromatic amines is 1. The molecule has 14 nitrogen and oxygen atoms in total. The van der Waals surface area contributed by atoms with E-state index in [9.17, 15) is 18.8 Å². The second-order valence-electron chi connectivity index (χ2n) is 9.36. The molecule has 222 valence electrons. The number of methoxy groups -OCH3 is 1. The highest BCUT2D eigenvalue weighted by Gasteiger charge is 2.33. The quantitative estimate of drug-likeness (QED) is 0.274. The van der Waals surface area contributed by atoms with Crippen LogP contribution in [0.15, 0.2) is 37.2 Å². The zero-order valence-electron chi connectivity index (χ0n) is 22.6. The Bertz CT molecular complexity index is 1590. The van der Waals surface area contributed by atoms with Gasteiger partial charge >= 0.3 is 12.1 Å². The highest BCUT2D eigenvalue weighted by molar-refractivity contribution is 6.32. The molecule has 4 aromatic heterocycles. The van der Waals surface area contributed by atoms with Gasteiger partial charge in [0.1, 0.15) is 17.5 Å². The molecule has 1 saturated carbocycles. The zero-order chi connectivity index (χ0) is 30.3. The van der Waals surface area contributed by atoms with Crippen molar-refractivity contribution in [2.75, 3.05) is 23.9 Å². The molecular weight excluding hydrogens is 588 g/mol. The number of alkyl halides is 2. The average Bonchev–Trinajstić information content (AvgIpc) is 3.47. The molecule has 0 bridgehead atoms. The number of hydrogen-bond donors (Lipinski definition) is 2. The number of nitrogens with zero attached hydrogens (tertiary/aromatic N) is 9. The van der Waals surface area contributed by atoms with Crippen molar-refractivity contribution in [1.82, 2.24) is 40.1 Å². The van der Waals surface area contributed by atoms with Crippen molar-refractivity contribution in [2.45, 2.75) is 44.2 Å². The molecule has 0 aliphatic heterocycles. The number of nitriles is 1. The van der Waals surface area contributed by atoms with E-state index in [1.165, 1.54) is 49.2 Å². The number of amides is 1. The van der Waals surface area contributed by atoms with Crippen LogP contribution >= 0.6 is 11.6 Å². The number of ether oxygens (including phenoxy) is 2. The predicted octanol–water partition coefficient (Wildman–Crippen LogP) is 4.28. The minimum Gasteiger partial charge on any atom is -0.467 e. The van der Waals surface area contributed by atoms with Crippen molar-refractivity contribution in [3.63, 3.8) is 0 Å². The van der Waals surface area contributed by atoms with Crippen molar-refractivity contribution >= 4 is 29.5 Å². The Morgan fingerprint density at radius 1 is 1.12 bits per heavy atom. The zero-order valence-corrected chi connectivity index (χ0v) is 23.4. The Labute approximate surface area is 248 Å². The first-order valence-electron chi connectivity index (χ1n) is 13.0. The topological polar surface area (TPSA) is 181 Å². The summed E-state index contributed by atoms with van der Waals surface area (Å²) in [6, 6.07) is 1.76. The van der Waals surface area contributed by atoms with E-state index < -0.39 is 25.2 Å². The summed E-state index contributed by atoms with van der Waals surface area (Å²) in [7, 11) is 1.45. The van der Waals surface area contributed by atoms with Gasteiger partial charge in [-0.15, -0.1) is 0 Å². The summed E-state index contributed by atoms with van der Waals surface area (Å²) in [6.07, 6.45) is 7.11. The first-order chi connectivity index (χ1) is 20.9. The molecule has 0 unspecified atom stereocenters. The van der Waals surface area contributed by atoms with Crippen molar-refractivity contribution in [3.8, 4) is 34.7 Å². The van der Waals surface area contributed by atoms with Gasteiger partial charge in [-0.05, 0) is 25.7 Å². The molecule has 1 aliphatic carbocycles. The molecule has 17 heteroatoms. The predicted molar refractivity (Wildman–Crippen MR) is 148 cm³/mol. The summed E-state index contributed by atoms with van der Waals surface area (Å²) in [5.74, 6) is 0.443. The maximum atomic E-state index is 13.0. The molecule has 0 aromatic carbocycles. The average molecular weight is 612 g/mol. The van der Waals surface area contributed by atoms with E-state index in [0.29, 0.717) is 47.7 Å². The van der Waals surface area contributed by atoms with E-state index in [1.807, 2.05) is 6.07 Å². The van der Waals surface area contributed by atoms with Crippen LogP contribution in [-0.4, -0.2) is 78.4 Å². The van der Waals surface area contributed by atoms with Crippen LogP contribution in [0.4, 0.5) is 25.3 Å². The smallest absolute Gasteiger partial charge is 0.415 e. The molecule has 1 fully saturated rings. The van der Waals surface area contributed by atoms with Gasteiger partial charge in [0.05, 0.1) is 42.0 Å². The van der Waals surface area contributed by atoms with E-state index in [1.54, 1.807) is 0 Å². The maximum absolute atomic E-state index is 13.0. The van der Waals surface area contributed by atoms with Crippen molar-refractivity contribution < 1.29 is 23.0 Å². The lowest BCUT2D eigenvalue weighted by atomic mass is 9.90. The van der Waals surface area contributed by atoms with E-state index in [2.05, 4.69) is 45.4 Å². The highest BCUT2D eigenvalue weighted by atomic mass is 35.5. The van der Waals surface area contributed by atoms with Crippen LogP contribution in [0.2, 0.25) is 5.02 Å². The molecular formula is C26H24ClF2N11O3. The Morgan fingerprint density at radius 3 is 2.49 bits per heavy atom. The normalized spacial score (nSPS) is 16.4. The Kier molecular flexibility index (Phi) is 9.11. The molecule has 4 aromatic rings. The fourth-order valence-electron chi connectivity index (χ4n) is 4.60. The summed E-state index contributed by atoms with van der Waals surface area (Å²) < 4.78 is 35.5. The van der Waals surface area contributed by atoms with Gasteiger partial charge in [-0.25, -0.2) is 38.5 Å². The largest absolute Gasteiger partial charge is 0.467 e. The molecule has 0 spiro atoms. The third-order valence-corrected chi connectivity index (χ3v) is 6.93. The number of aromatic nitrogens is 8. The molecule has 0 saturated heterocycles. The van der Waals surface area contributed by atoms with Gasteiger partial charge in [-0.1, -0.05) is 11.6 Å². The Hall–Kier alpha value is -5.04. The molecule has 1 amide bonds. The SMILES string of the molecule is COc1ncc(-c2cnc(N(C(=O)OCC(F)F)[C@H]3CC[C@H](Nc4ncc(C#N)c(-c5n[nH]cc5Cl)n4)CC3)cn2)cn1. The molecule has 2 N–H and O–H groups in total. The van der Waals surface area contributed by atoms with E-state index in [0.717, 1.165) is 0 Å². The van der Waals surface area contributed by atoms with Crippen LogP contribution < -0.4 is 15.0 Å². The minimum atomic E-state index is -2.82. The summed E-state index contributed by atoms with van der Waals surface area (Å²) in [6.45, 7) is -1.04. The third kappa shape index (κ3) is 6.89. The fourth-order valence-corrected chi connectivity index (χ4v) is 4.78. The third-order valence-electron chi connectivity index (χ3n) is 6.64. The van der Waals surface area contributed by atoms with Crippen LogP contribution in [0.5, 0.6) is 6.01 Å². The summed E-state index contributed by atoms with van der Waals surface area (Å²) in [5.41, 5.74) is 1.85. The summed E-state index contributed by atoms with van der Waals surface area (Å²) in [4.78, 5) is 39.8. The van der Waals surface area contributed by atoms with Gasteiger partial charge in [0.2, 0.25) is 5.95 Å². The van der Waals surface area contributed by atoms with Crippen LogP contribution in [0.1, 0.15) is 31.2 Å². The number of anilines is 2. The number of carbonyl (C=O) groups is 1. The van der Waals surface area contributed by atoms with E-state index >= 15 is 0 Å². The first-order valence-corrected chi connectivity index (χ1v) is 13.4. The molecule has 0 radical (unpaired) electrons. The Balaban J connectivity index is 1.29. The van der Waals surface area contributed by atoms with Crippen LogP contribution in [0.25, 0.3) is 22.6 Å². The standard InChI is InChI=1S/C26H24ClF2N11O3/c1-42-25-34-8-15(9-35-25)19-11-32-21(12-31-19)40(26(41)43-13-20(28)29)17-4-2-16(3-5-17)37-24-33-7-14(6-30)22(38-24)23-18(27)10-36-39-23/h7-12,16-17,20H,2-5,13H2,1H3,(H,36,39)(H,33,37,38)/t16-,17-. The van der Waals surface area contributed by atoms with E-state index in [4.69, 9.17) is 21.1 Å². The monoisotopic (exact) mass is 611 g/mol. The van der Waals surface area contributed by atoms with Gasteiger partial charge in [-0.2, -0.15) is 10.4 Å². The molecule has 5 rings (SSSR count). The number of carbonyl (C=O) groups excluding carboxylic acids is 1. The number of H-pyrrole nitrogens is 1. The Morgan fingerprint density at radius 2 is 1.88 bits per heavy atom. The van der Waals surface area contributed by atoms with Gasteiger partial charge in [0.15, 0.2) is 12.4 Å². The highest BCUT2D eigenvalue weighted by Crippen LogP contribution is 2.31. The second-order valence-corrected chi connectivity index (χ2v) is 9.76. The van der Waals surface area contributed by atoms with Crippen molar-refractivity contribution in [3.05, 3.63) is 47.8 Å². The molecule has 43 heavy (non-hydrogen) atoms. The van der Waals surface area contributed by atoms with Crippen LogP contribution in [-0.2, 0) is 4.74 Å². The number of nitrogens with one attached hydrogen (secondary N) is 2. The van der Waals surface area contributed by atoms with Crippen molar-refractivity contribution in [1.29, 1.82) is 5.26 Å². The van der Waals surface area contributed by atoms with E-state index in [-0.39, 0.29) is 35.1 Å². The lowest BCUT2D eigenvalue weighted by Crippen LogP contribution is -2.45. The maximum Gasteiger partial charge on any atom is 0.415 e. The van der Waals surface area contributed by atoms with Crippen LogP contribution in [0.3, 0.4) is 0 Å². The number of halogens is 3. The number of hydrogen-bond acceptors (Lipinski definition) is 12. The van der Waals surface area contributed by atoms with Gasteiger partial charge in [0, 0.05) is 36.2 Å². The molecule has 1 aliphatic rings. The minimum absolute atomic E-state index is 0.0749. The van der Waals surface area contributed by atoms with Gasteiger partial charge in [-0.3, -0.25) is 15.0 Å². The van der Waals surface area contributed by atoms with Gasteiger partial charge in [0.25, 0.3) is 6.43 Å². The van der Waals surface area contributed by atoms with Crippen molar-refractivity contribution in [2.24, 2.45) is 0 Å². The lowest BCUT2D eigenvalue weighted by molar-refractivity contribution is 0.0505. The van der Waals surface area contributed by atoms with Crippen LogP contribution in [0, 0.1) is 11.3 Å². The number of rotatable bonds is 9. The molecule has 4 heterocycles. The fraction of sp³-hybridized carbons (Fsp3) is 0.346. The van der Waals surface area contributed by atoms with Gasteiger partial charge < -0.3 is 14.8 Å². The summed E-state index contributed by atoms with van der Waals surface area (Å²) in [5, 5.41) is 19.8. The second kappa shape index (κ2) is 13.3.